The van der Waals surface area contributed by atoms with Gasteiger partial charge in [0.15, 0.2) is 0 Å². The molecule has 0 spiro atoms. The maximum atomic E-state index is 14.8. The number of aromatic amines is 1. The van der Waals surface area contributed by atoms with Gasteiger partial charge < -0.3 is 30.8 Å². The van der Waals surface area contributed by atoms with Crippen LogP contribution in [0.1, 0.15) is 75.8 Å². The highest BCUT2D eigenvalue weighted by Gasteiger charge is 2.47. The van der Waals surface area contributed by atoms with Crippen molar-refractivity contribution >= 4 is 45.8 Å². The summed E-state index contributed by atoms with van der Waals surface area (Å²) in [5.41, 5.74) is -1.33. The van der Waals surface area contributed by atoms with E-state index in [1.165, 1.54) is 24.3 Å². The van der Waals surface area contributed by atoms with E-state index in [4.69, 9.17) is 12.2 Å². The second-order valence-electron chi connectivity index (χ2n) is 14.5. The van der Waals surface area contributed by atoms with Crippen LogP contribution in [0.2, 0.25) is 0 Å². The van der Waals surface area contributed by atoms with E-state index in [1.807, 2.05) is 31.5 Å². The first kappa shape index (κ1) is 41.4. The number of aryl methyl sites for hydroxylation is 2. The molecule has 3 amide bonds. The minimum absolute atomic E-state index is 0.0560. The van der Waals surface area contributed by atoms with Gasteiger partial charge in [-0.15, -0.1) is 0 Å². The average molecular weight is 784 g/mol. The van der Waals surface area contributed by atoms with Gasteiger partial charge in [0, 0.05) is 43.0 Å². The van der Waals surface area contributed by atoms with Crippen molar-refractivity contribution in [3.05, 3.63) is 89.4 Å². The number of hydrogen-bond donors (Lipinski definition) is 5. The Morgan fingerprint density at radius 1 is 1.02 bits per heavy atom. The third kappa shape index (κ3) is 9.72. The topological polar surface area (TPSA) is 133 Å². The van der Waals surface area contributed by atoms with Gasteiger partial charge >= 0.3 is 6.18 Å². The molecule has 5 atom stereocenters. The maximum absolute atomic E-state index is 14.8. The van der Waals surface area contributed by atoms with E-state index >= 15 is 0 Å². The number of nitrogens with zero attached hydrogens (tertiary/aromatic N) is 2. The number of fused-ring (bicyclic) bond motifs is 3. The molecule has 5 N–H and O–H groups in total. The number of alkyl halides is 3. The van der Waals surface area contributed by atoms with Gasteiger partial charge in [-0.1, -0.05) is 83.1 Å². The highest BCUT2D eigenvalue weighted by molar-refractivity contribution is 7.80. The largest absolute Gasteiger partial charge is 0.418 e. The molecule has 0 radical (unpaired) electrons. The molecule has 2 heterocycles. The zero-order valence-electron chi connectivity index (χ0n) is 31.5. The van der Waals surface area contributed by atoms with E-state index in [1.54, 1.807) is 31.6 Å². The molecule has 10 nitrogen and oxygen atoms in total. The summed E-state index contributed by atoms with van der Waals surface area (Å²) in [6.07, 6.45) is 2.35. The second kappa shape index (κ2) is 17.8. The van der Waals surface area contributed by atoms with Crippen molar-refractivity contribution in [2.45, 2.75) is 103 Å². The summed E-state index contributed by atoms with van der Waals surface area (Å²) in [6, 6.07) is 8.06. The third-order valence-corrected chi connectivity index (χ3v) is 11.2. The minimum Gasteiger partial charge on any atom is -0.378 e. The van der Waals surface area contributed by atoms with Crippen LogP contribution in [0, 0.1) is 17.7 Å². The van der Waals surface area contributed by atoms with Crippen LogP contribution in [0.25, 0.3) is 10.9 Å². The van der Waals surface area contributed by atoms with Gasteiger partial charge in [0.25, 0.3) is 0 Å². The molecule has 0 fully saturated rings. The lowest BCUT2D eigenvalue weighted by Gasteiger charge is -2.40. The first-order valence-electron chi connectivity index (χ1n) is 18.8. The lowest BCUT2D eigenvalue weighted by molar-refractivity contribution is -0.137. The van der Waals surface area contributed by atoms with Crippen molar-refractivity contribution in [2.24, 2.45) is 11.8 Å². The molecule has 2 aromatic carbocycles. The number of nitrogens with one attached hydrogen (secondary N) is 5. The number of halogens is 4. The molecule has 0 saturated carbocycles. The molecule has 0 saturated heterocycles. The summed E-state index contributed by atoms with van der Waals surface area (Å²) < 4.78 is 58.6. The smallest absolute Gasteiger partial charge is 0.378 e. The molecule has 0 aliphatic heterocycles. The lowest BCUT2D eigenvalue weighted by atomic mass is 9.78. The van der Waals surface area contributed by atoms with Crippen LogP contribution in [0.3, 0.4) is 0 Å². The maximum Gasteiger partial charge on any atom is 0.418 e. The number of benzene rings is 2. The fourth-order valence-electron chi connectivity index (χ4n) is 7.10. The van der Waals surface area contributed by atoms with Crippen molar-refractivity contribution in [1.82, 2.24) is 35.8 Å². The van der Waals surface area contributed by atoms with Crippen molar-refractivity contribution in [1.29, 1.82) is 0 Å². The number of aromatic nitrogens is 3. The van der Waals surface area contributed by atoms with Crippen molar-refractivity contribution in [3.8, 4) is 0 Å². The Kier molecular flexibility index (Phi) is 13.4. The zero-order chi connectivity index (χ0) is 39.9. The molecular weight excluding hydrogens is 735 g/mol. The lowest BCUT2D eigenvalue weighted by Crippen LogP contribution is -2.67. The van der Waals surface area contributed by atoms with Crippen LogP contribution in [-0.2, 0) is 46.4 Å². The Hall–Kier alpha value is -4.79. The molecular formula is C40H49F4N7O3S. The summed E-state index contributed by atoms with van der Waals surface area (Å²) >= 11 is 5.82. The summed E-state index contributed by atoms with van der Waals surface area (Å²) in [5, 5.41) is 12.4. The quantitative estimate of drug-likeness (QED) is 0.0525. The van der Waals surface area contributed by atoms with E-state index in [2.05, 4.69) is 31.2 Å². The molecule has 1 aliphatic rings. The van der Waals surface area contributed by atoms with Crippen LogP contribution < -0.4 is 21.3 Å². The standard InChI is InChI=1S/C40H49F4N7O3S/c1-5-24(3)33(48-32(52)21-26-11-7-8-14-30(26)41)36(53)50-39(16-15-31-28(22-39)27-12-9-13-29(35(27)47-31)40(42,43)44)38(54)49-34(25(4)6-2)37(55)46-17-10-19-51-20-18-45-23-51/h7-9,11-14,18,20,23-25,33-34,47H,5-6,10,15-17,19,21-22H2,1-4H3,(H,46,55)(H,48,52)(H,49,54)(H,50,53)/t24?,25?,33-,34-,39+/m0/s1. The van der Waals surface area contributed by atoms with Crippen LogP contribution in [0.15, 0.2) is 61.2 Å². The zero-order valence-corrected chi connectivity index (χ0v) is 32.3. The highest BCUT2D eigenvalue weighted by atomic mass is 32.1. The molecule has 296 valence electrons. The summed E-state index contributed by atoms with van der Waals surface area (Å²) in [5.74, 6) is -2.81. The van der Waals surface area contributed by atoms with E-state index in [-0.39, 0.29) is 42.7 Å². The number of thiocarbonyl (C=S) groups is 1. The number of rotatable bonds is 16. The van der Waals surface area contributed by atoms with Gasteiger partial charge in [-0.3, -0.25) is 14.4 Å². The Balaban J connectivity index is 1.45. The minimum atomic E-state index is -4.62. The number of H-pyrrole nitrogens is 1. The highest BCUT2D eigenvalue weighted by Crippen LogP contribution is 2.40. The number of imidazole rings is 1. The number of amides is 3. The molecule has 2 aromatic heterocycles. The Morgan fingerprint density at radius 2 is 1.75 bits per heavy atom. The van der Waals surface area contributed by atoms with Crippen molar-refractivity contribution in [3.63, 3.8) is 0 Å². The fraction of sp³-hybridized carbons (Fsp3) is 0.475. The van der Waals surface area contributed by atoms with E-state index in [0.29, 0.717) is 47.6 Å². The van der Waals surface area contributed by atoms with Crippen LogP contribution in [0.4, 0.5) is 17.6 Å². The van der Waals surface area contributed by atoms with E-state index < -0.39 is 58.8 Å². The first-order chi connectivity index (χ1) is 26.2. The predicted molar refractivity (Wildman–Crippen MR) is 207 cm³/mol. The average Bonchev–Trinajstić information content (AvgIpc) is 3.82. The molecule has 55 heavy (non-hydrogen) atoms. The molecule has 5 rings (SSSR count). The summed E-state index contributed by atoms with van der Waals surface area (Å²) in [6.45, 7) is 8.81. The number of para-hydroxylation sites is 1. The fourth-order valence-corrected chi connectivity index (χ4v) is 7.50. The van der Waals surface area contributed by atoms with E-state index in [9.17, 15) is 31.9 Å². The second-order valence-corrected chi connectivity index (χ2v) is 15.0. The van der Waals surface area contributed by atoms with Gasteiger partial charge in [-0.05, 0) is 54.4 Å². The SMILES string of the molecule is CCC(C)[C@H](NC(=O)Cc1ccccc1F)C(=O)N[C@]1(C(=O)N[C@H](C(=S)NCCCn2ccnc2)C(C)CC)CCc2[nH]c3c(C(F)(F)F)cccc3c2C1. The Morgan fingerprint density at radius 3 is 2.42 bits per heavy atom. The Bertz CT molecular complexity index is 1980. The molecule has 4 aromatic rings. The molecule has 15 heteroatoms. The Labute approximate surface area is 323 Å². The first-order valence-corrected chi connectivity index (χ1v) is 19.2. The number of carbonyl (C=O) groups excluding carboxylic acids is 3. The summed E-state index contributed by atoms with van der Waals surface area (Å²) in [4.78, 5) is 49.8. The predicted octanol–water partition coefficient (Wildman–Crippen LogP) is 6.18. The monoisotopic (exact) mass is 783 g/mol. The van der Waals surface area contributed by atoms with Crippen LogP contribution in [-0.4, -0.2) is 61.4 Å². The summed E-state index contributed by atoms with van der Waals surface area (Å²) in [7, 11) is 0. The normalized spacial score (nSPS) is 17.7. The van der Waals surface area contributed by atoms with Gasteiger partial charge in [-0.2, -0.15) is 13.2 Å². The van der Waals surface area contributed by atoms with Gasteiger partial charge in [0.05, 0.1) is 34.9 Å². The van der Waals surface area contributed by atoms with E-state index in [0.717, 1.165) is 12.5 Å². The van der Waals surface area contributed by atoms with Gasteiger partial charge in [0.1, 0.15) is 17.4 Å². The van der Waals surface area contributed by atoms with Crippen molar-refractivity contribution in [2.75, 3.05) is 6.54 Å². The van der Waals surface area contributed by atoms with Crippen LogP contribution in [0.5, 0.6) is 0 Å². The number of carbonyl (C=O) groups is 3. The van der Waals surface area contributed by atoms with Gasteiger partial charge in [-0.25, -0.2) is 9.37 Å². The van der Waals surface area contributed by atoms with Crippen molar-refractivity contribution < 1.29 is 31.9 Å². The third-order valence-electron chi connectivity index (χ3n) is 10.8. The molecule has 2 unspecified atom stereocenters. The van der Waals surface area contributed by atoms with Gasteiger partial charge in [0.2, 0.25) is 17.7 Å². The number of hydrogen-bond acceptors (Lipinski definition) is 5. The van der Waals surface area contributed by atoms with Crippen LogP contribution >= 0.6 is 12.2 Å². The molecule has 0 bridgehead atoms. The molecule has 1 aliphatic carbocycles.